The number of hydrogen-bond donors (Lipinski definition) is 0. The van der Waals surface area contributed by atoms with Crippen molar-refractivity contribution in [1.82, 2.24) is 0 Å². The third kappa shape index (κ3) is 5.59. The number of rotatable bonds is 7. The highest BCUT2D eigenvalue weighted by Gasteiger charge is 2.32. The molecular weight excluding hydrogens is 242 g/mol. The normalized spacial score (nSPS) is 11.7. The average molecular weight is 259 g/mol. The summed E-state index contributed by atoms with van der Waals surface area (Å²) >= 11 is 1.29. The van der Waals surface area contributed by atoms with Gasteiger partial charge in [-0.2, -0.15) is 5.26 Å². The van der Waals surface area contributed by atoms with Crippen LogP contribution in [0.4, 0.5) is 0 Å². The summed E-state index contributed by atoms with van der Waals surface area (Å²) in [5, 5.41) is 8.40. The maximum absolute atomic E-state index is 11.6. The van der Waals surface area contributed by atoms with Crippen molar-refractivity contribution in [2.75, 3.05) is 19.5 Å². The standard InChI is InChI=1S/C11H17NO4S/c1-4-15-10(13)9(11(14)16-5-2)6-8(7-12)17-3/h8-9H,4-6H2,1-3H3. The number of carbonyl (C=O) groups excluding carboxylic acids is 2. The van der Waals surface area contributed by atoms with Gasteiger partial charge >= 0.3 is 11.9 Å². The molecule has 0 rings (SSSR count). The molecule has 0 N–H and O–H groups in total. The summed E-state index contributed by atoms with van der Waals surface area (Å²) < 4.78 is 9.61. The Balaban J connectivity index is 4.67. The molecule has 1 atom stereocenters. The molecule has 0 amide bonds. The van der Waals surface area contributed by atoms with Gasteiger partial charge in [-0.15, -0.1) is 11.8 Å². The summed E-state index contributed by atoms with van der Waals surface area (Å²) in [5.41, 5.74) is 0. The van der Waals surface area contributed by atoms with Gasteiger partial charge in [0.2, 0.25) is 0 Å². The summed E-state index contributed by atoms with van der Waals surface area (Å²) in [6.45, 7) is 3.73. The zero-order chi connectivity index (χ0) is 13.3. The monoisotopic (exact) mass is 259 g/mol. The van der Waals surface area contributed by atoms with Gasteiger partial charge in [-0.05, 0) is 26.5 Å². The van der Waals surface area contributed by atoms with Gasteiger partial charge in [-0.25, -0.2) is 0 Å². The average Bonchev–Trinajstić information content (AvgIpc) is 2.31. The van der Waals surface area contributed by atoms with Crippen LogP contribution in [0, 0.1) is 17.2 Å². The lowest BCUT2D eigenvalue weighted by atomic mass is 10.0. The van der Waals surface area contributed by atoms with E-state index >= 15 is 0 Å². The van der Waals surface area contributed by atoms with Crippen molar-refractivity contribution in [3.8, 4) is 6.07 Å². The minimum absolute atomic E-state index is 0.120. The van der Waals surface area contributed by atoms with Gasteiger partial charge in [-0.1, -0.05) is 0 Å². The molecule has 0 saturated heterocycles. The summed E-state index contributed by atoms with van der Waals surface area (Å²) in [7, 11) is 0. The van der Waals surface area contributed by atoms with Crippen LogP contribution < -0.4 is 0 Å². The van der Waals surface area contributed by atoms with Gasteiger partial charge in [0.25, 0.3) is 0 Å². The van der Waals surface area contributed by atoms with Gasteiger partial charge < -0.3 is 9.47 Å². The lowest BCUT2D eigenvalue weighted by Gasteiger charge is -2.15. The zero-order valence-corrected chi connectivity index (χ0v) is 11.1. The zero-order valence-electron chi connectivity index (χ0n) is 10.3. The maximum Gasteiger partial charge on any atom is 0.320 e. The van der Waals surface area contributed by atoms with E-state index in [2.05, 4.69) is 0 Å². The van der Waals surface area contributed by atoms with Gasteiger partial charge in [0, 0.05) is 0 Å². The topological polar surface area (TPSA) is 76.4 Å². The third-order valence-electron chi connectivity index (χ3n) is 2.02. The fourth-order valence-corrected chi connectivity index (χ4v) is 1.68. The van der Waals surface area contributed by atoms with E-state index in [1.165, 1.54) is 11.8 Å². The molecule has 0 spiro atoms. The van der Waals surface area contributed by atoms with Crippen molar-refractivity contribution in [1.29, 1.82) is 5.26 Å². The number of nitriles is 1. The Hall–Kier alpha value is -1.22. The molecule has 0 radical (unpaired) electrons. The van der Waals surface area contributed by atoms with Crippen molar-refractivity contribution in [2.45, 2.75) is 25.5 Å². The van der Waals surface area contributed by atoms with Crippen LogP contribution in [0.2, 0.25) is 0 Å². The molecule has 0 bridgehead atoms. The Labute approximate surface area is 105 Å². The molecule has 0 saturated carbocycles. The van der Waals surface area contributed by atoms with Crippen LogP contribution in [0.3, 0.4) is 0 Å². The molecule has 0 aliphatic rings. The number of esters is 2. The highest BCUT2D eigenvalue weighted by Crippen LogP contribution is 2.19. The molecule has 96 valence electrons. The number of hydrogen-bond acceptors (Lipinski definition) is 6. The van der Waals surface area contributed by atoms with E-state index in [0.29, 0.717) is 0 Å². The van der Waals surface area contributed by atoms with E-state index in [1.807, 2.05) is 6.07 Å². The highest BCUT2D eigenvalue weighted by molar-refractivity contribution is 7.99. The van der Waals surface area contributed by atoms with Gasteiger partial charge in [-0.3, -0.25) is 9.59 Å². The number of nitrogens with zero attached hydrogens (tertiary/aromatic N) is 1. The van der Waals surface area contributed by atoms with Crippen molar-refractivity contribution >= 4 is 23.7 Å². The fraction of sp³-hybridized carbons (Fsp3) is 0.727. The summed E-state index contributed by atoms with van der Waals surface area (Å²) in [6, 6.07) is 2.02. The quantitative estimate of drug-likeness (QED) is 0.507. The SMILES string of the molecule is CCOC(=O)C(CC(C#N)SC)C(=O)OCC. The van der Waals surface area contributed by atoms with E-state index in [0.717, 1.165) is 0 Å². The van der Waals surface area contributed by atoms with Crippen molar-refractivity contribution in [2.24, 2.45) is 5.92 Å². The smallest absolute Gasteiger partial charge is 0.320 e. The van der Waals surface area contributed by atoms with Crippen molar-refractivity contribution in [3.63, 3.8) is 0 Å². The first-order valence-corrected chi connectivity index (χ1v) is 6.65. The molecule has 0 aromatic rings. The summed E-state index contributed by atoms with van der Waals surface area (Å²) in [4.78, 5) is 23.2. The minimum Gasteiger partial charge on any atom is -0.465 e. The van der Waals surface area contributed by atoms with Crippen LogP contribution in [0.1, 0.15) is 20.3 Å². The number of ether oxygens (including phenoxy) is 2. The lowest BCUT2D eigenvalue weighted by molar-refractivity contribution is -0.161. The van der Waals surface area contributed by atoms with Crippen LogP contribution in [-0.4, -0.2) is 36.7 Å². The Morgan fingerprint density at radius 1 is 1.24 bits per heavy atom. The van der Waals surface area contributed by atoms with E-state index in [1.54, 1.807) is 20.1 Å². The molecule has 6 heteroatoms. The minimum atomic E-state index is -1.01. The Morgan fingerprint density at radius 3 is 2.00 bits per heavy atom. The van der Waals surface area contributed by atoms with Crippen molar-refractivity contribution < 1.29 is 19.1 Å². The maximum atomic E-state index is 11.6. The van der Waals surface area contributed by atoms with Crippen LogP contribution in [0.25, 0.3) is 0 Å². The first-order chi connectivity index (χ1) is 8.10. The van der Waals surface area contributed by atoms with E-state index in [4.69, 9.17) is 14.7 Å². The molecular formula is C11H17NO4S. The van der Waals surface area contributed by atoms with Crippen molar-refractivity contribution in [3.05, 3.63) is 0 Å². The largest absolute Gasteiger partial charge is 0.465 e. The second-order valence-electron chi connectivity index (χ2n) is 3.15. The molecule has 1 unspecified atom stereocenters. The van der Waals surface area contributed by atoms with Gasteiger partial charge in [0.1, 0.15) is 0 Å². The molecule has 0 heterocycles. The van der Waals surface area contributed by atoms with E-state index < -0.39 is 23.1 Å². The Morgan fingerprint density at radius 2 is 1.71 bits per heavy atom. The fourth-order valence-electron chi connectivity index (χ4n) is 1.19. The number of carbonyl (C=O) groups is 2. The molecule has 5 nitrogen and oxygen atoms in total. The Bertz CT molecular complexity index is 282. The first kappa shape index (κ1) is 15.8. The second-order valence-corrected chi connectivity index (χ2v) is 4.19. The van der Waals surface area contributed by atoms with Gasteiger partial charge in [0.05, 0.1) is 24.5 Å². The third-order valence-corrected chi connectivity index (χ3v) is 2.89. The van der Waals surface area contributed by atoms with Crippen LogP contribution >= 0.6 is 11.8 Å². The molecule has 17 heavy (non-hydrogen) atoms. The van der Waals surface area contributed by atoms with E-state index in [9.17, 15) is 9.59 Å². The van der Waals surface area contributed by atoms with Crippen LogP contribution in [-0.2, 0) is 19.1 Å². The Kier molecular flexibility index (Phi) is 8.24. The highest BCUT2D eigenvalue weighted by atomic mass is 32.2. The lowest BCUT2D eigenvalue weighted by Crippen LogP contribution is -2.30. The van der Waals surface area contributed by atoms with Crippen LogP contribution in [0.5, 0.6) is 0 Å². The molecule has 0 fully saturated rings. The van der Waals surface area contributed by atoms with Gasteiger partial charge in [0.15, 0.2) is 5.92 Å². The molecule has 0 aromatic heterocycles. The van der Waals surface area contributed by atoms with E-state index in [-0.39, 0.29) is 19.6 Å². The van der Waals surface area contributed by atoms with Crippen LogP contribution in [0.15, 0.2) is 0 Å². The predicted octanol–water partition coefficient (Wildman–Crippen LogP) is 1.37. The summed E-state index contributed by atoms with van der Waals surface area (Å²) in [6.07, 6.45) is 1.87. The number of thioether (sulfide) groups is 1. The predicted molar refractivity (Wildman–Crippen MR) is 64.3 cm³/mol. The molecule has 0 aliphatic carbocycles. The molecule has 0 aliphatic heterocycles. The first-order valence-electron chi connectivity index (χ1n) is 5.36. The summed E-state index contributed by atoms with van der Waals surface area (Å²) in [5.74, 6) is -2.26. The second kappa shape index (κ2) is 8.88. The molecule has 0 aromatic carbocycles.